The number of aromatic nitrogens is 6. The molecule has 1 aliphatic heterocycles. The number of rotatable bonds is 5. The van der Waals surface area contributed by atoms with Gasteiger partial charge >= 0.3 is 0 Å². The van der Waals surface area contributed by atoms with Crippen LogP contribution in [-0.4, -0.2) is 42.8 Å². The maximum absolute atomic E-state index is 14.2. The summed E-state index contributed by atoms with van der Waals surface area (Å²) < 4.78 is 30.3. The van der Waals surface area contributed by atoms with Gasteiger partial charge in [-0.3, -0.25) is 4.68 Å². The van der Waals surface area contributed by atoms with E-state index >= 15 is 0 Å². The van der Waals surface area contributed by atoms with Crippen molar-refractivity contribution in [2.45, 2.75) is 37.6 Å². The summed E-state index contributed by atoms with van der Waals surface area (Å²) in [5.41, 5.74) is 2.94. The Morgan fingerprint density at radius 2 is 2.18 bits per heavy atom. The molecule has 2 aliphatic rings. The van der Waals surface area contributed by atoms with E-state index in [1.165, 1.54) is 6.33 Å². The van der Waals surface area contributed by atoms with E-state index in [0.29, 0.717) is 37.3 Å². The van der Waals surface area contributed by atoms with Crippen molar-refractivity contribution in [2.24, 2.45) is 5.92 Å². The lowest BCUT2D eigenvalue weighted by Gasteiger charge is -2.23. The van der Waals surface area contributed by atoms with Crippen LogP contribution in [0.15, 0.2) is 43.1 Å². The molecule has 2 unspecified atom stereocenters. The number of pyridine rings is 1. The van der Waals surface area contributed by atoms with Crippen molar-refractivity contribution < 1.29 is 8.78 Å². The monoisotopic (exact) mass is 460 g/mol. The summed E-state index contributed by atoms with van der Waals surface area (Å²) in [5.74, 6) is -2.14. The lowest BCUT2D eigenvalue weighted by molar-refractivity contribution is -0.00585. The fraction of sp³-hybridized carbons (Fsp3) is 0.375. The summed E-state index contributed by atoms with van der Waals surface area (Å²) >= 11 is 0. The number of anilines is 1. The molecule has 0 spiro atoms. The SMILES string of the molecule is N#CCC(C1CCN(c2ccc3c(n2)C(F)(F)CC3)C1)n1cc(-c2ncnc3[nH]ccc23)cn1. The van der Waals surface area contributed by atoms with Gasteiger partial charge in [0.05, 0.1) is 30.4 Å². The van der Waals surface area contributed by atoms with Crippen LogP contribution >= 0.6 is 0 Å². The highest BCUT2D eigenvalue weighted by molar-refractivity contribution is 5.89. The van der Waals surface area contributed by atoms with Crippen molar-refractivity contribution in [2.75, 3.05) is 18.0 Å². The van der Waals surface area contributed by atoms with Crippen LogP contribution in [0.1, 0.15) is 36.6 Å². The third-order valence-electron chi connectivity index (χ3n) is 6.98. The van der Waals surface area contributed by atoms with Gasteiger partial charge in [-0.15, -0.1) is 0 Å². The average molecular weight is 460 g/mol. The Kier molecular flexibility index (Phi) is 4.79. The molecule has 172 valence electrons. The van der Waals surface area contributed by atoms with Gasteiger partial charge in [-0.05, 0) is 30.5 Å². The van der Waals surface area contributed by atoms with E-state index in [1.54, 1.807) is 12.3 Å². The second-order valence-corrected chi connectivity index (χ2v) is 8.98. The lowest BCUT2D eigenvalue weighted by atomic mass is 9.96. The average Bonchev–Trinajstić information content (AvgIpc) is 3.63. The van der Waals surface area contributed by atoms with E-state index < -0.39 is 5.92 Å². The molecule has 10 heteroatoms. The molecule has 0 bridgehead atoms. The van der Waals surface area contributed by atoms with Crippen LogP contribution in [0.5, 0.6) is 0 Å². The number of nitrogens with zero attached hydrogens (tertiary/aromatic N) is 7. The Labute approximate surface area is 194 Å². The van der Waals surface area contributed by atoms with Gasteiger partial charge in [0.2, 0.25) is 0 Å². The summed E-state index contributed by atoms with van der Waals surface area (Å²) in [6, 6.07) is 7.70. The van der Waals surface area contributed by atoms with Crippen molar-refractivity contribution >= 4 is 16.9 Å². The molecule has 34 heavy (non-hydrogen) atoms. The van der Waals surface area contributed by atoms with Crippen molar-refractivity contribution in [3.05, 3.63) is 54.4 Å². The van der Waals surface area contributed by atoms with Crippen LogP contribution in [0.4, 0.5) is 14.6 Å². The second-order valence-electron chi connectivity index (χ2n) is 8.98. The van der Waals surface area contributed by atoms with Gasteiger partial charge < -0.3 is 9.88 Å². The Morgan fingerprint density at radius 1 is 1.26 bits per heavy atom. The van der Waals surface area contributed by atoms with Gasteiger partial charge in [-0.1, -0.05) is 6.07 Å². The Morgan fingerprint density at radius 3 is 3.06 bits per heavy atom. The quantitative estimate of drug-likeness (QED) is 0.478. The molecule has 4 aromatic rings. The van der Waals surface area contributed by atoms with Crippen LogP contribution in [0, 0.1) is 17.2 Å². The highest BCUT2D eigenvalue weighted by Crippen LogP contribution is 2.42. The van der Waals surface area contributed by atoms with E-state index in [1.807, 2.05) is 34.1 Å². The number of nitriles is 1. The van der Waals surface area contributed by atoms with Gasteiger partial charge in [0, 0.05) is 48.8 Å². The van der Waals surface area contributed by atoms with E-state index in [9.17, 15) is 14.0 Å². The second kappa shape index (κ2) is 7.87. The zero-order valence-corrected chi connectivity index (χ0v) is 18.3. The van der Waals surface area contributed by atoms with Crippen molar-refractivity contribution in [1.29, 1.82) is 5.26 Å². The van der Waals surface area contributed by atoms with E-state index in [0.717, 1.165) is 28.7 Å². The van der Waals surface area contributed by atoms with Crippen molar-refractivity contribution in [3.63, 3.8) is 0 Å². The molecule has 0 radical (unpaired) electrons. The Balaban J connectivity index is 1.25. The first kappa shape index (κ1) is 20.7. The first-order valence-electron chi connectivity index (χ1n) is 11.4. The highest BCUT2D eigenvalue weighted by atomic mass is 19.3. The highest BCUT2D eigenvalue weighted by Gasteiger charge is 2.41. The normalized spacial score (nSPS) is 19.9. The minimum Gasteiger partial charge on any atom is -0.356 e. The van der Waals surface area contributed by atoms with Gasteiger partial charge in [0.1, 0.15) is 23.5 Å². The topological polar surface area (TPSA) is 99.3 Å². The summed E-state index contributed by atoms with van der Waals surface area (Å²) in [6.07, 6.45) is 8.34. The maximum atomic E-state index is 14.2. The van der Waals surface area contributed by atoms with Crippen LogP contribution in [0.2, 0.25) is 0 Å². The lowest BCUT2D eigenvalue weighted by Crippen LogP contribution is -2.26. The number of alkyl halides is 2. The van der Waals surface area contributed by atoms with Crippen molar-refractivity contribution in [3.8, 4) is 17.3 Å². The van der Waals surface area contributed by atoms with Crippen LogP contribution < -0.4 is 4.90 Å². The molecule has 5 heterocycles. The fourth-order valence-electron chi connectivity index (χ4n) is 5.21. The summed E-state index contributed by atoms with van der Waals surface area (Å²) in [4.78, 5) is 18.1. The number of aryl methyl sites for hydroxylation is 1. The van der Waals surface area contributed by atoms with E-state index in [-0.39, 0.29) is 24.1 Å². The summed E-state index contributed by atoms with van der Waals surface area (Å²) in [5, 5.41) is 15.0. The fourth-order valence-corrected chi connectivity index (χ4v) is 5.21. The van der Waals surface area contributed by atoms with E-state index in [2.05, 4.69) is 31.1 Å². The first-order chi connectivity index (χ1) is 16.5. The molecule has 6 rings (SSSR count). The molecule has 0 amide bonds. The zero-order valence-electron chi connectivity index (χ0n) is 18.3. The maximum Gasteiger partial charge on any atom is 0.290 e. The summed E-state index contributed by atoms with van der Waals surface area (Å²) in [7, 11) is 0. The minimum atomic E-state index is -2.86. The van der Waals surface area contributed by atoms with Crippen LogP contribution in [0.25, 0.3) is 22.3 Å². The molecule has 1 N–H and O–H groups in total. The minimum absolute atomic E-state index is 0.0836. The molecule has 1 fully saturated rings. The van der Waals surface area contributed by atoms with Crippen molar-refractivity contribution in [1.82, 2.24) is 29.7 Å². The first-order valence-corrected chi connectivity index (χ1v) is 11.4. The predicted octanol–water partition coefficient (Wildman–Crippen LogP) is 4.24. The largest absolute Gasteiger partial charge is 0.356 e. The smallest absolute Gasteiger partial charge is 0.290 e. The van der Waals surface area contributed by atoms with E-state index in [4.69, 9.17) is 0 Å². The third kappa shape index (κ3) is 3.39. The molecule has 8 nitrogen and oxygen atoms in total. The van der Waals surface area contributed by atoms with Gasteiger partial charge in [0.25, 0.3) is 5.92 Å². The Hall–Kier alpha value is -3.87. The number of aromatic amines is 1. The number of nitrogens with one attached hydrogen (secondary N) is 1. The van der Waals surface area contributed by atoms with Crippen LogP contribution in [-0.2, 0) is 12.3 Å². The van der Waals surface area contributed by atoms with Gasteiger partial charge in [0.15, 0.2) is 0 Å². The third-order valence-corrected chi connectivity index (χ3v) is 6.98. The molecular weight excluding hydrogens is 438 g/mol. The molecule has 2 atom stereocenters. The number of H-pyrrole nitrogens is 1. The predicted molar refractivity (Wildman–Crippen MR) is 121 cm³/mol. The zero-order chi connectivity index (χ0) is 23.3. The molecular formula is C24H22F2N8. The molecule has 1 saturated heterocycles. The molecule has 1 aliphatic carbocycles. The molecule has 4 aromatic heterocycles. The molecule has 0 saturated carbocycles. The number of hydrogen-bond donors (Lipinski definition) is 1. The number of fused-ring (bicyclic) bond motifs is 2. The molecule has 0 aromatic carbocycles. The Bertz CT molecular complexity index is 1400. The number of halogens is 2. The summed E-state index contributed by atoms with van der Waals surface area (Å²) in [6.45, 7) is 1.34. The number of hydrogen-bond acceptors (Lipinski definition) is 6. The van der Waals surface area contributed by atoms with Crippen LogP contribution in [0.3, 0.4) is 0 Å². The van der Waals surface area contributed by atoms with Gasteiger partial charge in [-0.25, -0.2) is 15.0 Å². The van der Waals surface area contributed by atoms with Gasteiger partial charge in [-0.2, -0.15) is 19.1 Å². The standard InChI is InChI=1S/C24H22F2N8/c25-24(26)7-3-15-1-2-20(32-22(15)24)33-10-6-16(12-33)19(4-8-27)34-13-17(11-31-34)21-18-5-9-28-23(18)30-14-29-21/h1-2,5,9,11,13-14,16,19H,3-4,6-7,10,12H2,(H,28,29,30).